The van der Waals surface area contributed by atoms with E-state index in [4.69, 9.17) is 0 Å². The Kier molecular flexibility index (Phi) is 6.77. The van der Waals surface area contributed by atoms with E-state index in [-0.39, 0.29) is 10.9 Å². The lowest BCUT2D eigenvalue weighted by atomic mass is 9.85. The lowest BCUT2D eigenvalue weighted by molar-refractivity contribution is 0.356. The van der Waals surface area contributed by atoms with Gasteiger partial charge in [-0.15, -0.1) is 0 Å². The number of hydrogen-bond acceptors (Lipinski definition) is 0. The molecular formula is C28H33S+. The predicted octanol–water partition coefficient (Wildman–Crippen LogP) is 8.03. The molecule has 29 heavy (non-hydrogen) atoms. The topological polar surface area (TPSA) is 0 Å². The van der Waals surface area contributed by atoms with Crippen molar-refractivity contribution in [1.29, 1.82) is 0 Å². The summed E-state index contributed by atoms with van der Waals surface area (Å²) >= 11 is 0. The van der Waals surface area contributed by atoms with E-state index in [0.717, 1.165) is 5.92 Å². The van der Waals surface area contributed by atoms with Gasteiger partial charge in [0.1, 0.15) is 0 Å². The fraction of sp³-hybridized carbons (Fsp3) is 0.357. The summed E-state index contributed by atoms with van der Waals surface area (Å²) in [5.41, 5.74) is 2.92. The minimum atomic E-state index is -0.0511. The molecule has 150 valence electrons. The molecule has 1 atom stereocenters. The van der Waals surface area contributed by atoms with E-state index in [1.54, 1.807) is 0 Å². The molecule has 0 amide bonds. The molecule has 1 unspecified atom stereocenters. The van der Waals surface area contributed by atoms with Crippen LogP contribution in [0, 0.1) is 5.92 Å². The largest absolute Gasteiger partial charge is 0.166 e. The molecule has 0 bridgehead atoms. The van der Waals surface area contributed by atoms with Crippen LogP contribution in [0.2, 0.25) is 0 Å². The Bertz CT molecular complexity index is 872. The Morgan fingerprint density at radius 2 is 1.24 bits per heavy atom. The smallest absolute Gasteiger partial charge is 0.0619 e. The van der Waals surface area contributed by atoms with Crippen LogP contribution < -0.4 is 0 Å². The van der Waals surface area contributed by atoms with Crippen molar-refractivity contribution in [3.05, 3.63) is 90.0 Å². The molecule has 1 fully saturated rings. The quantitative estimate of drug-likeness (QED) is 0.367. The zero-order chi connectivity index (χ0) is 20.1. The molecule has 0 N–H and O–H groups in total. The summed E-state index contributed by atoms with van der Waals surface area (Å²) in [7, 11) is -0.0511. The third-order valence-corrected chi connectivity index (χ3v) is 8.40. The highest BCUT2D eigenvalue weighted by Gasteiger charge is 2.28. The predicted molar refractivity (Wildman–Crippen MR) is 126 cm³/mol. The van der Waals surface area contributed by atoms with Crippen molar-refractivity contribution in [3.8, 4) is 0 Å². The Labute approximate surface area is 179 Å². The molecule has 0 radical (unpaired) electrons. The highest BCUT2D eigenvalue weighted by Crippen LogP contribution is 2.33. The summed E-state index contributed by atoms with van der Waals surface area (Å²) in [5.74, 6) is 1.46. The van der Waals surface area contributed by atoms with Gasteiger partial charge in [-0.1, -0.05) is 88.4 Å². The van der Waals surface area contributed by atoms with Gasteiger partial charge in [0, 0.05) is 0 Å². The molecule has 0 nitrogen and oxygen atoms in total. The molecule has 0 aliphatic heterocycles. The van der Waals surface area contributed by atoms with Gasteiger partial charge < -0.3 is 0 Å². The van der Waals surface area contributed by atoms with Crippen LogP contribution in [0.4, 0.5) is 0 Å². The van der Waals surface area contributed by atoms with E-state index >= 15 is 0 Å². The van der Waals surface area contributed by atoms with Crippen LogP contribution in [0.3, 0.4) is 0 Å². The van der Waals surface area contributed by atoms with E-state index in [2.05, 4.69) is 92.7 Å². The van der Waals surface area contributed by atoms with E-state index < -0.39 is 0 Å². The van der Waals surface area contributed by atoms with Gasteiger partial charge >= 0.3 is 0 Å². The standard InChI is InChI=1S/C28H33S/c1-22(2)25-15-19-28(20-16-25)29(26-11-7-4-8-12-26)27-17-13-24(14-18-27)21-23-9-5-3-6-10-23/h4,7-8,11-20,22-23H,3,5-6,9-10,21H2,1-2H3/q+1. The van der Waals surface area contributed by atoms with Crippen molar-refractivity contribution >= 4 is 10.9 Å². The van der Waals surface area contributed by atoms with E-state index in [1.807, 2.05) is 0 Å². The lowest BCUT2D eigenvalue weighted by Crippen LogP contribution is -2.09. The zero-order valence-electron chi connectivity index (χ0n) is 17.8. The van der Waals surface area contributed by atoms with Crippen LogP contribution in [0.1, 0.15) is 63.0 Å². The zero-order valence-corrected chi connectivity index (χ0v) is 18.6. The lowest BCUT2D eigenvalue weighted by Gasteiger charge is -2.21. The van der Waals surface area contributed by atoms with Gasteiger partial charge in [-0.25, -0.2) is 0 Å². The van der Waals surface area contributed by atoms with Gasteiger partial charge in [-0.05, 0) is 65.8 Å². The molecule has 1 aliphatic carbocycles. The Morgan fingerprint density at radius 1 is 0.690 bits per heavy atom. The summed E-state index contributed by atoms with van der Waals surface area (Å²) in [6.45, 7) is 4.52. The molecule has 1 saturated carbocycles. The van der Waals surface area contributed by atoms with Crippen molar-refractivity contribution in [3.63, 3.8) is 0 Å². The van der Waals surface area contributed by atoms with Gasteiger partial charge in [-0.3, -0.25) is 0 Å². The van der Waals surface area contributed by atoms with Crippen LogP contribution in [-0.4, -0.2) is 0 Å². The van der Waals surface area contributed by atoms with Gasteiger partial charge in [0.25, 0.3) is 0 Å². The third-order valence-electron chi connectivity index (χ3n) is 6.17. The van der Waals surface area contributed by atoms with Crippen molar-refractivity contribution in [2.24, 2.45) is 5.92 Å². The number of rotatable bonds is 6. The maximum atomic E-state index is 2.38. The minimum Gasteiger partial charge on any atom is -0.0619 e. The van der Waals surface area contributed by atoms with Crippen LogP contribution in [0.15, 0.2) is 93.5 Å². The first-order valence-corrected chi connectivity index (χ1v) is 12.4. The summed E-state index contributed by atoms with van der Waals surface area (Å²) in [5, 5.41) is 0. The summed E-state index contributed by atoms with van der Waals surface area (Å²) in [4.78, 5) is 4.21. The minimum absolute atomic E-state index is 0.0511. The van der Waals surface area contributed by atoms with E-state index in [1.165, 1.54) is 64.3 Å². The second-order valence-electron chi connectivity index (χ2n) is 8.70. The second-order valence-corrected chi connectivity index (χ2v) is 10.7. The van der Waals surface area contributed by atoms with Crippen LogP contribution in [0.25, 0.3) is 0 Å². The van der Waals surface area contributed by atoms with E-state index in [0.29, 0.717) is 5.92 Å². The molecule has 3 aromatic rings. The molecule has 4 rings (SSSR count). The van der Waals surface area contributed by atoms with Crippen molar-refractivity contribution in [1.82, 2.24) is 0 Å². The summed E-state index contributed by atoms with van der Waals surface area (Å²) < 4.78 is 0. The molecular weight excluding hydrogens is 368 g/mol. The number of hydrogen-bond donors (Lipinski definition) is 0. The monoisotopic (exact) mass is 401 g/mol. The maximum absolute atomic E-state index is 2.38. The summed E-state index contributed by atoms with van der Waals surface area (Å²) in [6, 6.07) is 29.8. The molecule has 0 spiro atoms. The first kappa shape index (κ1) is 20.3. The fourth-order valence-electron chi connectivity index (χ4n) is 4.44. The van der Waals surface area contributed by atoms with Crippen molar-refractivity contribution in [2.45, 2.75) is 73.0 Å². The molecule has 0 heterocycles. The second kappa shape index (κ2) is 9.67. The van der Waals surface area contributed by atoms with Crippen LogP contribution in [-0.2, 0) is 17.3 Å². The van der Waals surface area contributed by atoms with Crippen LogP contribution in [0.5, 0.6) is 0 Å². The Morgan fingerprint density at radius 3 is 1.83 bits per heavy atom. The Hall–Kier alpha value is -1.99. The molecule has 3 aromatic carbocycles. The van der Waals surface area contributed by atoms with Crippen LogP contribution >= 0.6 is 0 Å². The third kappa shape index (κ3) is 5.14. The molecule has 1 heteroatoms. The van der Waals surface area contributed by atoms with Gasteiger partial charge in [0.15, 0.2) is 14.7 Å². The van der Waals surface area contributed by atoms with Crippen molar-refractivity contribution < 1.29 is 0 Å². The average molecular weight is 402 g/mol. The SMILES string of the molecule is CC(C)c1ccc([S+](c2ccccc2)c2ccc(CC3CCCCC3)cc2)cc1. The normalized spacial score (nSPS) is 16.1. The fourth-order valence-corrected chi connectivity index (χ4v) is 6.50. The summed E-state index contributed by atoms with van der Waals surface area (Å²) in [6.07, 6.45) is 8.36. The molecule has 0 saturated heterocycles. The average Bonchev–Trinajstić information content (AvgIpc) is 2.77. The first-order chi connectivity index (χ1) is 14.2. The van der Waals surface area contributed by atoms with Gasteiger partial charge in [0.2, 0.25) is 0 Å². The highest BCUT2D eigenvalue weighted by atomic mass is 32.2. The molecule has 0 aromatic heterocycles. The highest BCUT2D eigenvalue weighted by molar-refractivity contribution is 7.97. The first-order valence-electron chi connectivity index (χ1n) is 11.2. The van der Waals surface area contributed by atoms with Crippen molar-refractivity contribution in [2.75, 3.05) is 0 Å². The Balaban J connectivity index is 1.61. The van der Waals surface area contributed by atoms with E-state index in [9.17, 15) is 0 Å². The maximum Gasteiger partial charge on any atom is 0.166 e. The number of benzene rings is 3. The molecule has 1 aliphatic rings. The van der Waals surface area contributed by atoms with Gasteiger partial charge in [-0.2, -0.15) is 0 Å². The van der Waals surface area contributed by atoms with Gasteiger partial charge in [0.05, 0.1) is 10.9 Å².